The van der Waals surface area contributed by atoms with Crippen molar-refractivity contribution in [3.63, 3.8) is 0 Å². The van der Waals surface area contributed by atoms with E-state index in [0.29, 0.717) is 0 Å². The highest BCUT2D eigenvalue weighted by atomic mass is 79.9. The molecule has 4 aromatic carbocycles. The van der Waals surface area contributed by atoms with Crippen LogP contribution in [0.2, 0.25) is 0 Å². The lowest BCUT2D eigenvalue weighted by Gasteiger charge is -2.33. The minimum atomic E-state index is 0.0529. The van der Waals surface area contributed by atoms with Crippen molar-refractivity contribution in [1.29, 1.82) is 0 Å². The highest BCUT2D eigenvalue weighted by Crippen LogP contribution is 2.57. The van der Waals surface area contributed by atoms with Crippen molar-refractivity contribution in [2.24, 2.45) is 0 Å². The molecule has 0 aromatic heterocycles. The largest absolute Gasteiger partial charge is 0.0928 e. The minimum Gasteiger partial charge on any atom is -0.0928 e. The lowest BCUT2D eigenvalue weighted by atomic mass is 9.70. The van der Waals surface area contributed by atoms with Crippen molar-refractivity contribution in [1.82, 2.24) is 0 Å². The molecule has 6 rings (SSSR count). The van der Waals surface area contributed by atoms with E-state index in [1.165, 1.54) is 171 Å². The average Bonchev–Trinajstić information content (AvgIpc) is 3.64. The van der Waals surface area contributed by atoms with Crippen LogP contribution in [0, 0.1) is 0 Å². The molecule has 6 heteroatoms. The highest BCUT2D eigenvalue weighted by molar-refractivity contribution is 9.11. The fourth-order valence-corrected chi connectivity index (χ4v) is 12.5. The van der Waals surface area contributed by atoms with Gasteiger partial charge in [-0.25, -0.2) is 0 Å². The van der Waals surface area contributed by atoms with Crippen molar-refractivity contribution >= 4 is 108 Å². The van der Waals surface area contributed by atoms with Gasteiger partial charge in [0.2, 0.25) is 0 Å². The SMILES string of the molecule is BrCCCCCCC1(CCCCCCBr)c2cc(Br)ccc2-c2ccc(C=Cc3ccc4c(c3)C(CCCCCCBr)(CCCCCCBr)c3cc(Br)ccc3-4)cc21. The molecule has 4 aromatic rings. The standard InChI is InChI=1S/C52H62Br6/c53-31-13-5-1-9-27-51(28-10-2-6-14-32-54)47-35-39(19-23-43(47)45-25-21-41(57)37-49(45)51)17-18-40-20-24-44-46-26-22-42(58)38-50(46)52(48(44)36-40,29-11-3-7-15-33-55)30-12-4-8-16-34-56/h17-26,35-38H,1-16,27-34H2. The predicted molar refractivity (Wildman–Crippen MR) is 277 cm³/mol. The Kier molecular flexibility index (Phi) is 19.3. The molecule has 0 atom stereocenters. The number of hydrogen-bond acceptors (Lipinski definition) is 0. The van der Waals surface area contributed by atoms with Gasteiger partial charge in [-0.2, -0.15) is 0 Å². The number of halogens is 6. The van der Waals surface area contributed by atoms with Crippen LogP contribution < -0.4 is 0 Å². The van der Waals surface area contributed by atoms with E-state index in [9.17, 15) is 0 Å². The van der Waals surface area contributed by atoms with Gasteiger partial charge >= 0.3 is 0 Å². The second-order valence-corrected chi connectivity index (χ2v) is 21.9. The number of benzene rings is 4. The first kappa shape index (κ1) is 47.0. The number of unbranched alkanes of at least 4 members (excludes halogenated alkanes) is 12. The third-order valence-electron chi connectivity index (χ3n) is 13.1. The van der Waals surface area contributed by atoms with Crippen LogP contribution in [0.4, 0.5) is 0 Å². The third-order valence-corrected chi connectivity index (χ3v) is 16.3. The number of rotatable bonds is 26. The van der Waals surface area contributed by atoms with Gasteiger partial charge in [-0.3, -0.25) is 0 Å². The lowest BCUT2D eigenvalue weighted by Crippen LogP contribution is -2.25. The van der Waals surface area contributed by atoms with Crippen LogP contribution in [-0.4, -0.2) is 21.3 Å². The zero-order valence-electron chi connectivity index (χ0n) is 34.3. The Hall–Kier alpha value is -0.500. The fraction of sp³-hybridized carbons (Fsp3) is 0.500. The molecule has 2 aliphatic rings. The van der Waals surface area contributed by atoms with Crippen LogP contribution >= 0.6 is 95.6 Å². The van der Waals surface area contributed by atoms with Crippen molar-refractivity contribution < 1.29 is 0 Å². The van der Waals surface area contributed by atoms with Gasteiger partial charge in [-0.05, 0) is 131 Å². The monoisotopic (exact) mass is 1160 g/mol. The van der Waals surface area contributed by atoms with Crippen LogP contribution in [0.5, 0.6) is 0 Å². The lowest BCUT2D eigenvalue weighted by molar-refractivity contribution is 0.401. The van der Waals surface area contributed by atoms with Gasteiger partial charge in [0.25, 0.3) is 0 Å². The molecule has 0 saturated carbocycles. The molecule has 0 spiro atoms. The van der Waals surface area contributed by atoms with Gasteiger partial charge in [-0.15, -0.1) is 0 Å². The molecule has 0 heterocycles. The summed E-state index contributed by atoms with van der Waals surface area (Å²) in [5, 5.41) is 4.41. The summed E-state index contributed by atoms with van der Waals surface area (Å²) >= 11 is 22.5. The molecule has 58 heavy (non-hydrogen) atoms. The third kappa shape index (κ3) is 11.4. The maximum atomic E-state index is 3.89. The Bertz CT molecular complexity index is 1780. The molecule has 0 aliphatic heterocycles. The van der Waals surface area contributed by atoms with Crippen LogP contribution in [0.3, 0.4) is 0 Å². The van der Waals surface area contributed by atoms with E-state index in [1.807, 2.05) is 0 Å². The summed E-state index contributed by atoms with van der Waals surface area (Å²) in [6.45, 7) is 0. The Morgan fingerprint density at radius 2 is 0.603 bits per heavy atom. The Labute approximate surface area is 401 Å². The van der Waals surface area contributed by atoms with Crippen LogP contribution in [-0.2, 0) is 10.8 Å². The van der Waals surface area contributed by atoms with Crippen LogP contribution in [0.1, 0.15) is 162 Å². The molecule has 0 saturated heterocycles. The van der Waals surface area contributed by atoms with Crippen LogP contribution in [0.25, 0.3) is 34.4 Å². The zero-order valence-corrected chi connectivity index (χ0v) is 43.8. The minimum absolute atomic E-state index is 0.0529. The first-order chi connectivity index (χ1) is 28.4. The van der Waals surface area contributed by atoms with Crippen molar-refractivity contribution in [2.45, 2.75) is 139 Å². The van der Waals surface area contributed by atoms with E-state index in [4.69, 9.17) is 0 Å². The summed E-state index contributed by atoms with van der Waals surface area (Å²) in [4.78, 5) is 0. The average molecular weight is 1170 g/mol. The van der Waals surface area contributed by atoms with Crippen molar-refractivity contribution in [3.8, 4) is 22.3 Å². The first-order valence-electron chi connectivity index (χ1n) is 22.2. The van der Waals surface area contributed by atoms with Crippen LogP contribution in [0.15, 0.2) is 81.7 Å². The van der Waals surface area contributed by atoms with Gasteiger partial charge < -0.3 is 0 Å². The maximum absolute atomic E-state index is 3.89. The Morgan fingerprint density at radius 3 is 0.914 bits per heavy atom. The van der Waals surface area contributed by atoms with Gasteiger partial charge in [0, 0.05) is 41.1 Å². The van der Waals surface area contributed by atoms with Gasteiger partial charge in [0.15, 0.2) is 0 Å². The van der Waals surface area contributed by atoms with E-state index in [2.05, 4.69) is 181 Å². The zero-order chi connectivity index (χ0) is 40.8. The van der Waals surface area contributed by atoms with Gasteiger partial charge in [0.1, 0.15) is 0 Å². The molecular weight excluding hydrogens is 1100 g/mol. The molecule has 0 radical (unpaired) electrons. The number of alkyl halides is 4. The molecule has 0 bridgehead atoms. The van der Waals surface area contributed by atoms with E-state index in [1.54, 1.807) is 22.3 Å². The van der Waals surface area contributed by atoms with Gasteiger partial charge in [-0.1, -0.05) is 233 Å². The normalized spacial score (nSPS) is 14.5. The summed E-state index contributed by atoms with van der Waals surface area (Å²) < 4.78 is 2.39. The molecule has 0 fully saturated rings. The molecule has 0 nitrogen and oxygen atoms in total. The molecular formula is C52H62Br6. The highest BCUT2D eigenvalue weighted by Gasteiger charge is 2.44. The molecule has 0 unspecified atom stereocenters. The topological polar surface area (TPSA) is 0 Å². The second kappa shape index (κ2) is 23.8. The first-order valence-corrected chi connectivity index (χ1v) is 28.3. The molecule has 0 N–H and O–H groups in total. The molecule has 2 aliphatic carbocycles. The molecule has 0 amide bonds. The Balaban J connectivity index is 1.35. The fourth-order valence-electron chi connectivity index (χ4n) is 10.2. The molecule has 312 valence electrons. The smallest absolute Gasteiger partial charge is 0.0215 e. The summed E-state index contributed by atoms with van der Waals surface area (Å²) in [6.07, 6.45) is 30.1. The summed E-state index contributed by atoms with van der Waals surface area (Å²) in [6, 6.07) is 28.9. The number of hydrogen-bond donors (Lipinski definition) is 0. The quantitative estimate of drug-likeness (QED) is 0.0334. The van der Waals surface area contributed by atoms with E-state index >= 15 is 0 Å². The van der Waals surface area contributed by atoms with E-state index in [-0.39, 0.29) is 10.8 Å². The van der Waals surface area contributed by atoms with Crippen molar-refractivity contribution in [2.75, 3.05) is 21.3 Å². The van der Waals surface area contributed by atoms with Gasteiger partial charge in [0.05, 0.1) is 0 Å². The van der Waals surface area contributed by atoms with Crippen molar-refractivity contribution in [3.05, 3.63) is 115 Å². The predicted octanol–water partition coefficient (Wildman–Crippen LogP) is 19.3. The summed E-state index contributed by atoms with van der Waals surface area (Å²) in [5.74, 6) is 0. The van der Waals surface area contributed by atoms with E-state index in [0.717, 1.165) is 21.3 Å². The second-order valence-electron chi connectivity index (χ2n) is 16.9. The van der Waals surface area contributed by atoms with E-state index < -0.39 is 0 Å². The summed E-state index contributed by atoms with van der Waals surface area (Å²) in [7, 11) is 0. The summed E-state index contributed by atoms with van der Waals surface area (Å²) in [5.41, 5.74) is 14.7. The number of fused-ring (bicyclic) bond motifs is 6. The Morgan fingerprint density at radius 1 is 0.328 bits per heavy atom. The maximum Gasteiger partial charge on any atom is 0.0215 e.